The summed E-state index contributed by atoms with van der Waals surface area (Å²) in [6, 6.07) is 8.06. The van der Waals surface area contributed by atoms with E-state index in [-0.39, 0.29) is 6.54 Å². The number of benzene rings is 1. The third kappa shape index (κ3) is 4.74. The Kier molecular flexibility index (Phi) is 4.69. The van der Waals surface area contributed by atoms with Gasteiger partial charge in [-0.05, 0) is 30.5 Å². The van der Waals surface area contributed by atoms with Crippen molar-refractivity contribution in [1.82, 2.24) is 5.32 Å². The van der Waals surface area contributed by atoms with Crippen molar-refractivity contribution in [1.29, 1.82) is 0 Å². The molecule has 1 aliphatic rings. The summed E-state index contributed by atoms with van der Waals surface area (Å²) in [6.45, 7) is 2.65. The maximum absolute atomic E-state index is 12.0. The summed E-state index contributed by atoms with van der Waals surface area (Å²) in [5.74, 6) is 0. The van der Waals surface area contributed by atoms with Crippen LogP contribution in [0.2, 0.25) is 0 Å². The number of rotatable bonds is 5. The van der Waals surface area contributed by atoms with Crippen LogP contribution in [0.15, 0.2) is 24.3 Å². The Bertz CT molecular complexity index is 381. The Morgan fingerprint density at radius 1 is 1.05 bits per heavy atom. The van der Waals surface area contributed by atoms with Gasteiger partial charge in [-0.15, -0.1) is 0 Å². The summed E-state index contributed by atoms with van der Waals surface area (Å²) in [6.07, 6.45) is -2.38. The van der Waals surface area contributed by atoms with Crippen molar-refractivity contribution in [2.24, 2.45) is 0 Å². The zero-order valence-electron chi connectivity index (χ0n) is 10.8. The van der Waals surface area contributed by atoms with Gasteiger partial charge in [-0.3, -0.25) is 0 Å². The smallest absolute Gasteiger partial charge is 0.372 e. The van der Waals surface area contributed by atoms with E-state index in [2.05, 4.69) is 10.2 Å². The third-order valence-electron chi connectivity index (χ3n) is 3.32. The van der Waals surface area contributed by atoms with Crippen molar-refractivity contribution >= 4 is 5.69 Å². The fraction of sp³-hybridized carbons (Fsp3) is 0.571. The monoisotopic (exact) mass is 272 g/mol. The molecule has 0 radical (unpaired) electrons. The summed E-state index contributed by atoms with van der Waals surface area (Å²) in [5.41, 5.74) is 2.22. The molecule has 1 aromatic rings. The zero-order valence-corrected chi connectivity index (χ0v) is 10.8. The SMILES string of the molecule is FC(F)(F)CCNCc1ccc(N2CCCC2)cc1. The molecule has 106 valence electrons. The summed E-state index contributed by atoms with van der Waals surface area (Å²) < 4.78 is 35.9. The van der Waals surface area contributed by atoms with Crippen molar-refractivity contribution < 1.29 is 13.2 Å². The van der Waals surface area contributed by atoms with E-state index in [1.807, 2.05) is 24.3 Å². The number of hydrogen-bond acceptors (Lipinski definition) is 2. The molecule has 0 saturated carbocycles. The average Bonchev–Trinajstić information content (AvgIpc) is 2.88. The van der Waals surface area contributed by atoms with E-state index in [4.69, 9.17) is 0 Å². The molecule has 1 aromatic carbocycles. The first kappa shape index (κ1) is 14.2. The molecule has 2 nitrogen and oxygen atoms in total. The molecule has 0 aliphatic carbocycles. The van der Waals surface area contributed by atoms with Crippen LogP contribution >= 0.6 is 0 Å². The molecule has 1 saturated heterocycles. The minimum Gasteiger partial charge on any atom is -0.372 e. The Hall–Kier alpha value is -1.23. The Balaban J connectivity index is 1.75. The fourth-order valence-electron chi connectivity index (χ4n) is 2.26. The second-order valence-corrected chi connectivity index (χ2v) is 4.90. The lowest BCUT2D eigenvalue weighted by Crippen LogP contribution is -2.21. The molecule has 1 aliphatic heterocycles. The van der Waals surface area contributed by atoms with Crippen molar-refractivity contribution in [3.05, 3.63) is 29.8 Å². The number of nitrogens with zero attached hydrogens (tertiary/aromatic N) is 1. The van der Waals surface area contributed by atoms with Gasteiger partial charge in [-0.2, -0.15) is 13.2 Å². The van der Waals surface area contributed by atoms with Gasteiger partial charge < -0.3 is 10.2 Å². The molecule has 5 heteroatoms. The van der Waals surface area contributed by atoms with Gasteiger partial charge in [0.05, 0.1) is 6.42 Å². The fourth-order valence-corrected chi connectivity index (χ4v) is 2.26. The van der Waals surface area contributed by atoms with E-state index in [1.165, 1.54) is 18.5 Å². The standard InChI is InChI=1S/C14H19F3N2/c15-14(16,17)7-8-18-11-12-3-5-13(6-4-12)19-9-1-2-10-19/h3-6,18H,1-2,7-11H2. The van der Waals surface area contributed by atoms with E-state index in [1.54, 1.807) is 0 Å². The Labute approximate surface area is 111 Å². The molecule has 0 atom stereocenters. The van der Waals surface area contributed by atoms with Gasteiger partial charge >= 0.3 is 6.18 Å². The largest absolute Gasteiger partial charge is 0.390 e. The summed E-state index contributed by atoms with van der Waals surface area (Å²) in [7, 11) is 0. The van der Waals surface area contributed by atoms with Crippen molar-refractivity contribution in [2.75, 3.05) is 24.5 Å². The van der Waals surface area contributed by atoms with Gasteiger partial charge in [0.1, 0.15) is 0 Å². The van der Waals surface area contributed by atoms with Crippen LogP contribution in [0.3, 0.4) is 0 Å². The average molecular weight is 272 g/mol. The quantitative estimate of drug-likeness (QED) is 0.827. The first-order valence-electron chi connectivity index (χ1n) is 6.66. The minimum atomic E-state index is -4.08. The van der Waals surface area contributed by atoms with Gasteiger partial charge in [-0.1, -0.05) is 12.1 Å². The van der Waals surface area contributed by atoms with Crippen LogP contribution in [0, 0.1) is 0 Å². The van der Waals surface area contributed by atoms with Crippen LogP contribution in [0.5, 0.6) is 0 Å². The van der Waals surface area contributed by atoms with Crippen LogP contribution < -0.4 is 10.2 Å². The number of hydrogen-bond donors (Lipinski definition) is 1. The molecular formula is C14H19F3N2. The predicted octanol–water partition coefficient (Wildman–Crippen LogP) is 3.33. The van der Waals surface area contributed by atoms with Crippen LogP contribution in [0.4, 0.5) is 18.9 Å². The van der Waals surface area contributed by atoms with E-state index in [9.17, 15) is 13.2 Å². The second-order valence-electron chi connectivity index (χ2n) is 4.90. The maximum atomic E-state index is 12.0. The van der Waals surface area contributed by atoms with Crippen LogP contribution in [0.25, 0.3) is 0 Å². The highest BCUT2D eigenvalue weighted by Gasteiger charge is 2.25. The molecule has 1 heterocycles. The Morgan fingerprint density at radius 2 is 1.68 bits per heavy atom. The molecule has 0 unspecified atom stereocenters. The van der Waals surface area contributed by atoms with Gasteiger partial charge in [0.25, 0.3) is 0 Å². The Morgan fingerprint density at radius 3 is 2.26 bits per heavy atom. The summed E-state index contributed by atoms with van der Waals surface area (Å²) >= 11 is 0. The van der Waals surface area contributed by atoms with E-state index >= 15 is 0 Å². The molecule has 0 aromatic heterocycles. The molecule has 0 bridgehead atoms. The van der Waals surface area contributed by atoms with Crippen molar-refractivity contribution in [3.8, 4) is 0 Å². The molecule has 1 fully saturated rings. The highest BCUT2D eigenvalue weighted by Crippen LogP contribution is 2.21. The van der Waals surface area contributed by atoms with Crippen LogP contribution in [-0.4, -0.2) is 25.8 Å². The number of nitrogens with one attached hydrogen (secondary N) is 1. The first-order chi connectivity index (χ1) is 9.04. The minimum absolute atomic E-state index is 0.0304. The normalized spacial score (nSPS) is 16.1. The highest BCUT2D eigenvalue weighted by molar-refractivity contribution is 5.48. The van der Waals surface area contributed by atoms with Crippen LogP contribution in [-0.2, 0) is 6.54 Å². The van der Waals surface area contributed by atoms with Gasteiger partial charge in [0.15, 0.2) is 0 Å². The number of alkyl halides is 3. The van der Waals surface area contributed by atoms with Gasteiger partial charge in [-0.25, -0.2) is 0 Å². The second kappa shape index (κ2) is 6.28. The first-order valence-corrected chi connectivity index (χ1v) is 6.66. The lowest BCUT2D eigenvalue weighted by molar-refractivity contribution is -0.133. The van der Waals surface area contributed by atoms with Crippen molar-refractivity contribution in [2.45, 2.75) is 32.0 Å². The van der Waals surface area contributed by atoms with Gasteiger partial charge in [0, 0.05) is 31.9 Å². The number of halogens is 3. The lowest BCUT2D eigenvalue weighted by atomic mass is 10.2. The van der Waals surface area contributed by atoms with Crippen molar-refractivity contribution in [3.63, 3.8) is 0 Å². The molecule has 0 spiro atoms. The molecule has 19 heavy (non-hydrogen) atoms. The van der Waals surface area contributed by atoms with E-state index in [0.29, 0.717) is 6.54 Å². The van der Waals surface area contributed by atoms with E-state index < -0.39 is 12.6 Å². The third-order valence-corrected chi connectivity index (χ3v) is 3.32. The summed E-state index contributed by atoms with van der Waals surface area (Å²) in [4.78, 5) is 2.33. The maximum Gasteiger partial charge on any atom is 0.390 e. The molecule has 1 N–H and O–H groups in total. The number of anilines is 1. The highest BCUT2D eigenvalue weighted by atomic mass is 19.4. The summed E-state index contributed by atoms with van der Waals surface area (Å²) in [5, 5.41) is 2.81. The molecule has 2 rings (SSSR count). The van der Waals surface area contributed by atoms with E-state index in [0.717, 1.165) is 18.7 Å². The topological polar surface area (TPSA) is 15.3 Å². The van der Waals surface area contributed by atoms with Crippen LogP contribution in [0.1, 0.15) is 24.8 Å². The lowest BCUT2D eigenvalue weighted by Gasteiger charge is -2.17. The molecule has 0 amide bonds. The predicted molar refractivity (Wildman–Crippen MR) is 70.3 cm³/mol. The van der Waals surface area contributed by atoms with Gasteiger partial charge in [0.2, 0.25) is 0 Å². The zero-order chi connectivity index (χ0) is 13.7. The molecular weight excluding hydrogens is 253 g/mol.